The number of carbonyl (C=O) groups is 3. The number of aliphatic hydroxyl groups excluding tert-OH is 1. The van der Waals surface area contributed by atoms with Gasteiger partial charge < -0.3 is 29.4 Å². The minimum Gasteiger partial charge on any atom is -0.480 e. The molecule has 168 valence electrons. The SMILES string of the molecule is CC(C)(C)OC(=O)NCCOC(=O)C1=CC=C/C1=C(\O)OCNC(=O)OC(C)(C)C. The summed E-state index contributed by atoms with van der Waals surface area (Å²) in [4.78, 5) is 35.3. The van der Waals surface area contributed by atoms with E-state index in [4.69, 9.17) is 18.9 Å². The van der Waals surface area contributed by atoms with Gasteiger partial charge in [-0.2, -0.15) is 0 Å². The maximum Gasteiger partial charge on any atom is 0.410 e. The van der Waals surface area contributed by atoms with Crippen LogP contribution in [0.3, 0.4) is 0 Å². The van der Waals surface area contributed by atoms with Crippen LogP contribution in [0.15, 0.2) is 35.3 Å². The summed E-state index contributed by atoms with van der Waals surface area (Å²) in [6, 6.07) is 0. The van der Waals surface area contributed by atoms with Gasteiger partial charge in [0.1, 0.15) is 17.8 Å². The normalized spacial score (nSPS) is 15.1. The molecule has 0 aromatic carbocycles. The molecule has 2 amide bonds. The monoisotopic (exact) mass is 426 g/mol. The number of hydrogen-bond donors (Lipinski definition) is 3. The van der Waals surface area contributed by atoms with E-state index < -0.39 is 35.3 Å². The van der Waals surface area contributed by atoms with Crippen molar-refractivity contribution in [2.75, 3.05) is 19.9 Å². The first-order valence-corrected chi connectivity index (χ1v) is 9.34. The lowest BCUT2D eigenvalue weighted by atomic mass is 10.1. The summed E-state index contributed by atoms with van der Waals surface area (Å²) < 4.78 is 20.2. The molecule has 3 N–H and O–H groups in total. The van der Waals surface area contributed by atoms with Gasteiger partial charge in [-0.25, -0.2) is 14.4 Å². The van der Waals surface area contributed by atoms with Gasteiger partial charge in [0.15, 0.2) is 6.73 Å². The molecule has 0 saturated carbocycles. The Morgan fingerprint density at radius 1 is 0.933 bits per heavy atom. The van der Waals surface area contributed by atoms with Gasteiger partial charge in [0.05, 0.1) is 17.7 Å². The third kappa shape index (κ3) is 9.85. The minimum absolute atomic E-state index is 0.0582. The first kappa shape index (κ1) is 24.9. The Balaban J connectivity index is 2.45. The summed E-state index contributed by atoms with van der Waals surface area (Å²) in [5.74, 6) is -1.27. The van der Waals surface area contributed by atoms with E-state index in [-0.39, 0.29) is 31.0 Å². The summed E-state index contributed by atoms with van der Waals surface area (Å²) >= 11 is 0. The number of rotatable bonds is 7. The lowest BCUT2D eigenvalue weighted by molar-refractivity contribution is -0.138. The van der Waals surface area contributed by atoms with Crippen molar-refractivity contribution in [3.05, 3.63) is 35.3 Å². The van der Waals surface area contributed by atoms with Gasteiger partial charge in [-0.3, -0.25) is 5.32 Å². The van der Waals surface area contributed by atoms with Gasteiger partial charge in [-0.15, -0.1) is 0 Å². The fourth-order valence-corrected chi connectivity index (χ4v) is 2.03. The number of alkyl carbamates (subject to hydrolysis) is 2. The highest BCUT2D eigenvalue weighted by atomic mass is 16.6. The molecular formula is C20H30N2O8. The molecule has 10 nitrogen and oxygen atoms in total. The van der Waals surface area contributed by atoms with E-state index in [9.17, 15) is 19.5 Å². The minimum atomic E-state index is -0.713. The van der Waals surface area contributed by atoms with Crippen LogP contribution in [0.5, 0.6) is 0 Å². The van der Waals surface area contributed by atoms with Crippen LogP contribution in [0, 0.1) is 0 Å². The largest absolute Gasteiger partial charge is 0.480 e. The summed E-state index contributed by atoms with van der Waals surface area (Å²) in [6.07, 6.45) is 3.10. The molecule has 0 fully saturated rings. The molecule has 10 heteroatoms. The van der Waals surface area contributed by atoms with Crippen molar-refractivity contribution in [2.24, 2.45) is 0 Å². The second kappa shape index (κ2) is 10.6. The van der Waals surface area contributed by atoms with E-state index in [0.717, 1.165) is 0 Å². The topological polar surface area (TPSA) is 132 Å². The third-order valence-corrected chi connectivity index (χ3v) is 3.09. The molecule has 0 aromatic rings. The summed E-state index contributed by atoms with van der Waals surface area (Å²) in [5.41, 5.74) is -1.12. The molecule has 0 radical (unpaired) electrons. The van der Waals surface area contributed by atoms with Crippen LogP contribution in [-0.4, -0.2) is 54.3 Å². The Bertz CT molecular complexity index is 739. The summed E-state index contributed by atoms with van der Waals surface area (Å²) in [6.45, 7) is 9.94. The van der Waals surface area contributed by atoms with Crippen LogP contribution >= 0.6 is 0 Å². The zero-order valence-electron chi connectivity index (χ0n) is 18.2. The number of amides is 2. The molecule has 1 aliphatic rings. The van der Waals surface area contributed by atoms with E-state index in [1.54, 1.807) is 41.5 Å². The average Bonchev–Trinajstić information content (AvgIpc) is 3.05. The van der Waals surface area contributed by atoms with Crippen molar-refractivity contribution in [1.29, 1.82) is 0 Å². The van der Waals surface area contributed by atoms with Gasteiger partial charge in [-0.05, 0) is 53.7 Å². The quantitative estimate of drug-likeness (QED) is 0.186. The Labute approximate surface area is 175 Å². The number of ether oxygens (including phenoxy) is 4. The van der Waals surface area contributed by atoms with E-state index in [0.29, 0.717) is 0 Å². The number of hydrogen-bond acceptors (Lipinski definition) is 8. The third-order valence-electron chi connectivity index (χ3n) is 3.09. The first-order chi connectivity index (χ1) is 13.8. The number of carbonyl (C=O) groups excluding carboxylic acids is 3. The summed E-state index contributed by atoms with van der Waals surface area (Å²) in [7, 11) is 0. The van der Waals surface area contributed by atoms with Gasteiger partial charge in [0.2, 0.25) is 0 Å². The molecule has 0 heterocycles. The molecule has 1 rings (SSSR count). The van der Waals surface area contributed by atoms with Gasteiger partial charge >= 0.3 is 18.2 Å². The number of nitrogens with one attached hydrogen (secondary N) is 2. The zero-order valence-corrected chi connectivity index (χ0v) is 18.2. The first-order valence-electron chi connectivity index (χ1n) is 9.34. The maximum absolute atomic E-state index is 12.2. The number of aliphatic hydroxyl groups is 1. The second-order valence-electron chi connectivity index (χ2n) is 8.19. The molecule has 30 heavy (non-hydrogen) atoms. The highest BCUT2D eigenvalue weighted by molar-refractivity contribution is 5.96. The molecule has 0 saturated heterocycles. The predicted molar refractivity (Wildman–Crippen MR) is 107 cm³/mol. The molecule has 0 spiro atoms. The van der Waals surface area contributed by atoms with Crippen LogP contribution in [0.4, 0.5) is 9.59 Å². The van der Waals surface area contributed by atoms with E-state index in [2.05, 4.69) is 10.6 Å². The van der Waals surface area contributed by atoms with E-state index in [1.165, 1.54) is 18.2 Å². The molecule has 0 aromatic heterocycles. The Hall–Kier alpha value is -3.17. The second-order valence-corrected chi connectivity index (χ2v) is 8.19. The Morgan fingerprint density at radius 2 is 1.50 bits per heavy atom. The highest BCUT2D eigenvalue weighted by Gasteiger charge is 2.23. The van der Waals surface area contributed by atoms with Crippen LogP contribution in [0.25, 0.3) is 0 Å². The molecule has 0 atom stereocenters. The fourth-order valence-electron chi connectivity index (χ4n) is 2.03. The Morgan fingerprint density at radius 3 is 2.07 bits per heavy atom. The highest BCUT2D eigenvalue weighted by Crippen LogP contribution is 2.23. The molecule has 1 aliphatic carbocycles. The van der Waals surface area contributed by atoms with E-state index >= 15 is 0 Å². The standard InChI is InChI=1S/C20H30N2O8/c1-19(2,3)29-17(25)21-10-11-27-15(23)13-8-7-9-14(13)16(24)28-12-22-18(26)30-20(4,5)6/h7-9,24H,10-12H2,1-6H3,(H,21,25)(H,22,26)/b16-14-. The number of esters is 1. The van der Waals surface area contributed by atoms with Crippen LogP contribution in [-0.2, 0) is 23.7 Å². The van der Waals surface area contributed by atoms with Crippen molar-refractivity contribution < 1.29 is 38.4 Å². The lowest BCUT2D eigenvalue weighted by Crippen LogP contribution is -2.34. The van der Waals surface area contributed by atoms with Crippen LogP contribution in [0.1, 0.15) is 41.5 Å². The lowest BCUT2D eigenvalue weighted by Gasteiger charge is -2.19. The summed E-state index contributed by atoms with van der Waals surface area (Å²) in [5, 5.41) is 14.8. The van der Waals surface area contributed by atoms with Crippen LogP contribution in [0.2, 0.25) is 0 Å². The fraction of sp³-hybridized carbons (Fsp3) is 0.550. The van der Waals surface area contributed by atoms with Crippen LogP contribution < -0.4 is 10.6 Å². The van der Waals surface area contributed by atoms with Crippen molar-refractivity contribution in [3.63, 3.8) is 0 Å². The maximum atomic E-state index is 12.2. The Kier molecular flexibility index (Phi) is 8.75. The van der Waals surface area contributed by atoms with Gasteiger partial charge in [0.25, 0.3) is 5.95 Å². The van der Waals surface area contributed by atoms with Gasteiger partial charge in [-0.1, -0.05) is 6.08 Å². The van der Waals surface area contributed by atoms with Crippen molar-refractivity contribution in [3.8, 4) is 0 Å². The van der Waals surface area contributed by atoms with Gasteiger partial charge in [0, 0.05) is 0 Å². The molecule has 0 bridgehead atoms. The smallest absolute Gasteiger partial charge is 0.410 e. The molecular weight excluding hydrogens is 396 g/mol. The van der Waals surface area contributed by atoms with Crippen molar-refractivity contribution in [1.82, 2.24) is 10.6 Å². The van der Waals surface area contributed by atoms with E-state index in [1.807, 2.05) is 0 Å². The predicted octanol–water partition coefficient (Wildman–Crippen LogP) is 2.82. The average molecular weight is 426 g/mol. The number of allylic oxidation sites excluding steroid dienone is 3. The van der Waals surface area contributed by atoms with Crippen molar-refractivity contribution in [2.45, 2.75) is 52.7 Å². The molecule has 0 unspecified atom stereocenters. The molecule has 0 aliphatic heterocycles. The zero-order chi connectivity index (χ0) is 22.9. The van der Waals surface area contributed by atoms with Crippen molar-refractivity contribution >= 4 is 18.2 Å².